The fourth-order valence-electron chi connectivity index (χ4n) is 2.00. The van der Waals surface area contributed by atoms with Crippen molar-refractivity contribution in [2.75, 3.05) is 0 Å². The Bertz CT molecular complexity index is 376. The highest BCUT2D eigenvalue weighted by atomic mass is 16.7. The van der Waals surface area contributed by atoms with Crippen LogP contribution in [0.1, 0.15) is 31.4 Å². The van der Waals surface area contributed by atoms with Gasteiger partial charge in [-0.2, -0.15) is 0 Å². The van der Waals surface area contributed by atoms with Gasteiger partial charge in [0, 0.05) is 19.8 Å². The third-order valence-electron chi connectivity index (χ3n) is 2.74. The average molecular weight is 236 g/mol. The van der Waals surface area contributed by atoms with Crippen molar-refractivity contribution in [3.05, 3.63) is 35.9 Å². The molecule has 17 heavy (non-hydrogen) atoms. The smallest absolute Gasteiger partial charge is 0.304 e. The Hall–Kier alpha value is -1.39. The summed E-state index contributed by atoms with van der Waals surface area (Å²) in [4.78, 5) is 10.9. The van der Waals surface area contributed by atoms with Crippen LogP contribution in [0.3, 0.4) is 0 Å². The third kappa shape index (κ3) is 3.28. The van der Waals surface area contributed by atoms with Crippen LogP contribution < -0.4 is 0 Å². The molecule has 0 bridgehead atoms. The molecule has 0 spiro atoms. The molecule has 0 saturated carbocycles. The number of aliphatic hydroxyl groups is 1. The Morgan fingerprint density at radius 1 is 1.35 bits per heavy atom. The van der Waals surface area contributed by atoms with Gasteiger partial charge in [0.05, 0.1) is 12.2 Å². The lowest BCUT2D eigenvalue weighted by Crippen LogP contribution is -2.34. The maximum atomic E-state index is 10.9. The van der Waals surface area contributed by atoms with E-state index in [9.17, 15) is 9.90 Å². The molecule has 1 fully saturated rings. The van der Waals surface area contributed by atoms with E-state index < -0.39 is 18.4 Å². The molecule has 1 aliphatic rings. The van der Waals surface area contributed by atoms with Gasteiger partial charge in [0.1, 0.15) is 0 Å². The molecule has 1 heterocycles. The molecule has 1 aromatic carbocycles. The Labute approximate surface area is 100 Å². The van der Waals surface area contributed by atoms with Gasteiger partial charge in [-0.3, -0.25) is 4.79 Å². The van der Waals surface area contributed by atoms with Crippen LogP contribution in [0.2, 0.25) is 0 Å². The summed E-state index contributed by atoms with van der Waals surface area (Å²) in [5, 5.41) is 9.75. The normalized spacial score (nSPS) is 28.7. The van der Waals surface area contributed by atoms with Crippen molar-refractivity contribution in [1.29, 1.82) is 0 Å². The van der Waals surface area contributed by atoms with Crippen LogP contribution in [0.25, 0.3) is 0 Å². The minimum absolute atomic E-state index is 0.218. The number of ether oxygens (including phenoxy) is 2. The summed E-state index contributed by atoms with van der Waals surface area (Å²) in [5.74, 6) is -0.393. The summed E-state index contributed by atoms with van der Waals surface area (Å²) in [6.07, 6.45) is -0.505. The molecule has 0 aliphatic carbocycles. The molecule has 0 aromatic heterocycles. The molecule has 1 unspecified atom stereocenters. The summed E-state index contributed by atoms with van der Waals surface area (Å²) in [7, 11) is 0. The van der Waals surface area contributed by atoms with Gasteiger partial charge in [-0.05, 0) is 5.56 Å². The maximum Gasteiger partial charge on any atom is 0.304 e. The minimum Gasteiger partial charge on any atom is -0.436 e. The minimum atomic E-state index is -0.651. The zero-order valence-corrected chi connectivity index (χ0v) is 9.70. The Balaban J connectivity index is 2.06. The topological polar surface area (TPSA) is 55.8 Å². The molecule has 92 valence electrons. The van der Waals surface area contributed by atoms with Crippen LogP contribution in [-0.4, -0.2) is 23.5 Å². The Kier molecular flexibility index (Phi) is 3.76. The number of benzene rings is 1. The summed E-state index contributed by atoms with van der Waals surface area (Å²) in [6, 6.07) is 9.63. The predicted octanol–water partition coefficient (Wildman–Crippen LogP) is 1.79. The van der Waals surface area contributed by atoms with Gasteiger partial charge in [-0.25, -0.2) is 0 Å². The molecule has 2 rings (SSSR count). The fraction of sp³-hybridized carbons (Fsp3) is 0.462. The second-order valence-electron chi connectivity index (χ2n) is 4.20. The van der Waals surface area contributed by atoms with Crippen LogP contribution in [0.15, 0.2) is 30.3 Å². The lowest BCUT2D eigenvalue weighted by atomic mass is 9.99. The number of aliphatic hydroxyl groups excluding tert-OH is 1. The summed E-state index contributed by atoms with van der Waals surface area (Å²) in [6.45, 7) is 1.34. The van der Waals surface area contributed by atoms with Gasteiger partial charge in [-0.1, -0.05) is 30.3 Å². The molecule has 1 aromatic rings. The number of carbonyl (C=O) groups excluding carboxylic acids is 1. The van der Waals surface area contributed by atoms with Gasteiger partial charge in [0.2, 0.25) is 6.29 Å². The quantitative estimate of drug-likeness (QED) is 0.795. The van der Waals surface area contributed by atoms with Gasteiger partial charge < -0.3 is 14.6 Å². The van der Waals surface area contributed by atoms with Crippen LogP contribution in [-0.2, 0) is 14.3 Å². The SMILES string of the molecule is CC(=O)OC1C[C@@H](O)C[C@@H](c2ccccc2)O1. The largest absolute Gasteiger partial charge is 0.436 e. The van der Waals surface area contributed by atoms with Gasteiger partial charge in [0.25, 0.3) is 0 Å². The zero-order valence-electron chi connectivity index (χ0n) is 9.70. The van der Waals surface area contributed by atoms with Crippen molar-refractivity contribution < 1.29 is 19.4 Å². The summed E-state index contributed by atoms with van der Waals surface area (Å²) in [5.41, 5.74) is 0.989. The van der Waals surface area contributed by atoms with Gasteiger partial charge >= 0.3 is 5.97 Å². The Morgan fingerprint density at radius 2 is 2.06 bits per heavy atom. The standard InChI is InChI=1S/C13H16O4/c1-9(14)16-13-8-11(15)7-12(17-13)10-5-3-2-4-6-10/h2-6,11-13,15H,7-8H2,1H3/t11-,12-,13?/m0/s1. The second-order valence-corrected chi connectivity index (χ2v) is 4.20. The van der Waals surface area contributed by atoms with E-state index in [2.05, 4.69) is 0 Å². The maximum absolute atomic E-state index is 10.9. The lowest BCUT2D eigenvalue weighted by molar-refractivity contribution is -0.216. The van der Waals surface area contributed by atoms with Crippen LogP contribution in [0.4, 0.5) is 0 Å². The molecule has 1 aliphatic heterocycles. The third-order valence-corrected chi connectivity index (χ3v) is 2.74. The number of esters is 1. The second kappa shape index (κ2) is 5.29. The number of rotatable bonds is 2. The van der Waals surface area contributed by atoms with E-state index >= 15 is 0 Å². The van der Waals surface area contributed by atoms with Gasteiger partial charge in [-0.15, -0.1) is 0 Å². The fourth-order valence-corrected chi connectivity index (χ4v) is 2.00. The molecule has 0 radical (unpaired) electrons. The monoisotopic (exact) mass is 236 g/mol. The molecular weight excluding hydrogens is 220 g/mol. The van der Waals surface area contributed by atoms with Crippen molar-refractivity contribution >= 4 is 5.97 Å². The molecule has 0 amide bonds. The van der Waals surface area contributed by atoms with E-state index in [1.807, 2.05) is 30.3 Å². The van der Waals surface area contributed by atoms with Crippen molar-refractivity contribution in [2.45, 2.75) is 38.3 Å². The highest BCUT2D eigenvalue weighted by molar-refractivity contribution is 5.66. The van der Waals surface area contributed by atoms with Crippen molar-refractivity contribution in [3.63, 3.8) is 0 Å². The molecule has 3 atom stereocenters. The van der Waals surface area contributed by atoms with E-state index in [-0.39, 0.29) is 6.10 Å². The van der Waals surface area contributed by atoms with E-state index in [1.54, 1.807) is 0 Å². The van der Waals surface area contributed by atoms with Crippen LogP contribution in [0, 0.1) is 0 Å². The first-order chi connectivity index (χ1) is 8.15. The van der Waals surface area contributed by atoms with Crippen molar-refractivity contribution in [1.82, 2.24) is 0 Å². The van der Waals surface area contributed by atoms with Gasteiger partial charge in [0.15, 0.2) is 0 Å². The Morgan fingerprint density at radius 3 is 2.71 bits per heavy atom. The highest BCUT2D eigenvalue weighted by Gasteiger charge is 2.30. The van der Waals surface area contributed by atoms with E-state index in [1.165, 1.54) is 6.92 Å². The highest BCUT2D eigenvalue weighted by Crippen LogP contribution is 2.31. The number of hydrogen-bond donors (Lipinski definition) is 1. The first-order valence-electron chi connectivity index (χ1n) is 5.71. The number of carbonyl (C=O) groups is 1. The van der Waals surface area contributed by atoms with Crippen LogP contribution >= 0.6 is 0 Å². The van der Waals surface area contributed by atoms with Crippen LogP contribution in [0.5, 0.6) is 0 Å². The first-order valence-corrected chi connectivity index (χ1v) is 5.71. The van der Waals surface area contributed by atoms with E-state index in [0.29, 0.717) is 12.8 Å². The zero-order chi connectivity index (χ0) is 12.3. The molecular formula is C13H16O4. The van der Waals surface area contributed by atoms with E-state index in [0.717, 1.165) is 5.56 Å². The van der Waals surface area contributed by atoms with Crippen molar-refractivity contribution in [2.24, 2.45) is 0 Å². The summed E-state index contributed by atoms with van der Waals surface area (Å²) >= 11 is 0. The summed E-state index contributed by atoms with van der Waals surface area (Å²) < 4.78 is 10.6. The molecule has 1 saturated heterocycles. The molecule has 4 heteroatoms. The molecule has 4 nitrogen and oxygen atoms in total. The lowest BCUT2D eigenvalue weighted by Gasteiger charge is -2.32. The van der Waals surface area contributed by atoms with E-state index in [4.69, 9.17) is 9.47 Å². The number of hydrogen-bond acceptors (Lipinski definition) is 4. The average Bonchev–Trinajstić information content (AvgIpc) is 2.28. The molecule has 1 N–H and O–H groups in total. The van der Waals surface area contributed by atoms with Crippen molar-refractivity contribution in [3.8, 4) is 0 Å². The first kappa shape index (κ1) is 12.1. The predicted molar refractivity (Wildman–Crippen MR) is 61.1 cm³/mol.